The molecule has 2 aliphatic heterocycles. The summed E-state index contributed by atoms with van der Waals surface area (Å²) in [5.74, 6) is 0.161. The molecular formula is C19H32N2O3. The van der Waals surface area contributed by atoms with Crippen LogP contribution in [0.15, 0.2) is 0 Å². The Morgan fingerprint density at radius 3 is 2.29 bits per heavy atom. The SMILES string of the molecule is CN(C[C@@H]1CCCCO1)C(=O)[C@@H]1CCCC[C@@H]1C(=O)N1CCCC1. The molecule has 2 heterocycles. The molecule has 0 N–H and O–H groups in total. The van der Waals surface area contributed by atoms with Crippen LogP contribution in [-0.4, -0.2) is 61.0 Å². The zero-order valence-corrected chi connectivity index (χ0v) is 15.0. The average Bonchev–Trinajstić information content (AvgIpc) is 3.16. The molecule has 136 valence electrons. The maximum absolute atomic E-state index is 13.0. The lowest BCUT2D eigenvalue weighted by Crippen LogP contribution is -2.47. The number of hydrogen-bond donors (Lipinski definition) is 0. The summed E-state index contributed by atoms with van der Waals surface area (Å²) in [5.41, 5.74) is 0. The monoisotopic (exact) mass is 336 g/mol. The Kier molecular flexibility index (Phi) is 6.14. The van der Waals surface area contributed by atoms with Crippen molar-refractivity contribution in [3.63, 3.8) is 0 Å². The van der Waals surface area contributed by atoms with Crippen molar-refractivity contribution in [1.29, 1.82) is 0 Å². The van der Waals surface area contributed by atoms with Crippen LogP contribution in [0.3, 0.4) is 0 Å². The predicted octanol–water partition coefficient (Wildman–Crippen LogP) is 2.44. The largest absolute Gasteiger partial charge is 0.376 e. The van der Waals surface area contributed by atoms with Gasteiger partial charge in [0.1, 0.15) is 0 Å². The Balaban J connectivity index is 1.60. The summed E-state index contributed by atoms with van der Waals surface area (Å²) in [6.07, 6.45) is 9.61. The van der Waals surface area contributed by atoms with Crippen LogP contribution < -0.4 is 0 Å². The Labute approximate surface area is 145 Å². The van der Waals surface area contributed by atoms with Gasteiger partial charge in [0, 0.05) is 45.1 Å². The molecule has 3 aliphatic rings. The van der Waals surface area contributed by atoms with Crippen molar-refractivity contribution >= 4 is 11.8 Å². The van der Waals surface area contributed by atoms with Gasteiger partial charge in [0.15, 0.2) is 0 Å². The Bertz CT molecular complexity index is 442. The molecule has 0 spiro atoms. The first-order valence-corrected chi connectivity index (χ1v) is 9.82. The summed E-state index contributed by atoms with van der Waals surface area (Å²) in [6, 6.07) is 0. The van der Waals surface area contributed by atoms with E-state index in [1.165, 1.54) is 6.42 Å². The number of likely N-dealkylation sites (tertiary alicyclic amines) is 1. The second-order valence-corrected chi connectivity index (χ2v) is 7.74. The average molecular weight is 336 g/mol. The first-order valence-electron chi connectivity index (χ1n) is 9.82. The lowest BCUT2D eigenvalue weighted by molar-refractivity contribution is -0.148. The summed E-state index contributed by atoms with van der Waals surface area (Å²) >= 11 is 0. The highest BCUT2D eigenvalue weighted by Crippen LogP contribution is 2.33. The van der Waals surface area contributed by atoms with Gasteiger partial charge in [0.25, 0.3) is 0 Å². The second kappa shape index (κ2) is 8.32. The number of nitrogens with zero attached hydrogens (tertiary/aromatic N) is 2. The molecule has 0 aromatic rings. The molecule has 1 saturated carbocycles. The van der Waals surface area contributed by atoms with E-state index in [-0.39, 0.29) is 29.8 Å². The lowest BCUT2D eigenvalue weighted by Gasteiger charge is -2.36. The van der Waals surface area contributed by atoms with E-state index >= 15 is 0 Å². The van der Waals surface area contributed by atoms with Gasteiger partial charge in [-0.15, -0.1) is 0 Å². The first kappa shape index (κ1) is 17.7. The number of carbonyl (C=O) groups is 2. The van der Waals surface area contributed by atoms with Crippen LogP contribution in [0, 0.1) is 11.8 Å². The van der Waals surface area contributed by atoms with Crippen molar-refractivity contribution in [3.05, 3.63) is 0 Å². The zero-order valence-electron chi connectivity index (χ0n) is 15.0. The second-order valence-electron chi connectivity index (χ2n) is 7.74. The standard InChI is InChI=1S/C19H32N2O3/c1-20(14-15-8-4-7-13-24-15)18(22)16-9-2-3-10-17(16)19(23)21-11-5-6-12-21/h15-17H,2-14H2,1H3/t15-,16+,17-/m0/s1. The molecule has 24 heavy (non-hydrogen) atoms. The van der Waals surface area contributed by atoms with Gasteiger partial charge in [-0.1, -0.05) is 12.8 Å². The van der Waals surface area contributed by atoms with Gasteiger partial charge in [-0.2, -0.15) is 0 Å². The highest BCUT2D eigenvalue weighted by atomic mass is 16.5. The van der Waals surface area contributed by atoms with Crippen LogP contribution in [0.25, 0.3) is 0 Å². The van der Waals surface area contributed by atoms with Crippen LogP contribution in [0.2, 0.25) is 0 Å². The van der Waals surface area contributed by atoms with Crippen molar-refractivity contribution in [2.45, 2.75) is 63.9 Å². The highest BCUT2D eigenvalue weighted by Gasteiger charge is 2.39. The van der Waals surface area contributed by atoms with Crippen LogP contribution in [0.1, 0.15) is 57.8 Å². The summed E-state index contributed by atoms with van der Waals surface area (Å²) in [5, 5.41) is 0. The molecule has 0 unspecified atom stereocenters. The number of likely N-dealkylation sites (N-methyl/N-ethyl adjacent to an activating group) is 1. The zero-order chi connectivity index (χ0) is 16.9. The normalized spacial score (nSPS) is 31.0. The van der Waals surface area contributed by atoms with E-state index in [2.05, 4.69) is 0 Å². The molecule has 2 saturated heterocycles. The van der Waals surface area contributed by atoms with E-state index < -0.39 is 0 Å². The number of ether oxygens (including phenoxy) is 1. The fraction of sp³-hybridized carbons (Fsp3) is 0.895. The molecule has 5 nitrogen and oxygen atoms in total. The number of hydrogen-bond acceptors (Lipinski definition) is 3. The summed E-state index contributed by atoms with van der Waals surface area (Å²) in [6.45, 7) is 3.23. The maximum atomic E-state index is 13.0. The van der Waals surface area contributed by atoms with Gasteiger partial charge in [-0.3, -0.25) is 9.59 Å². The minimum Gasteiger partial charge on any atom is -0.376 e. The van der Waals surface area contributed by atoms with Crippen LogP contribution in [0.4, 0.5) is 0 Å². The minimum absolute atomic E-state index is 0.0981. The molecular weight excluding hydrogens is 304 g/mol. The van der Waals surface area contributed by atoms with E-state index in [9.17, 15) is 9.59 Å². The predicted molar refractivity (Wildman–Crippen MR) is 92.5 cm³/mol. The van der Waals surface area contributed by atoms with E-state index in [1.54, 1.807) is 0 Å². The maximum Gasteiger partial charge on any atom is 0.226 e. The van der Waals surface area contributed by atoms with Crippen molar-refractivity contribution in [2.75, 3.05) is 33.3 Å². The van der Waals surface area contributed by atoms with E-state index in [4.69, 9.17) is 4.74 Å². The number of carbonyl (C=O) groups excluding carboxylic acids is 2. The first-order chi connectivity index (χ1) is 11.7. The van der Waals surface area contributed by atoms with E-state index in [0.717, 1.165) is 71.1 Å². The van der Waals surface area contributed by atoms with Gasteiger partial charge >= 0.3 is 0 Å². The molecule has 5 heteroatoms. The molecule has 2 amide bonds. The molecule has 3 atom stereocenters. The Hall–Kier alpha value is -1.10. The Morgan fingerprint density at radius 2 is 1.62 bits per heavy atom. The van der Waals surface area contributed by atoms with Crippen LogP contribution in [0.5, 0.6) is 0 Å². The van der Waals surface area contributed by atoms with Gasteiger partial charge in [0.05, 0.1) is 6.10 Å². The summed E-state index contributed by atoms with van der Waals surface area (Å²) in [7, 11) is 1.88. The van der Waals surface area contributed by atoms with E-state index in [0.29, 0.717) is 6.54 Å². The quantitative estimate of drug-likeness (QED) is 0.792. The van der Waals surface area contributed by atoms with Gasteiger partial charge in [-0.05, 0) is 44.9 Å². The molecule has 0 radical (unpaired) electrons. The van der Waals surface area contributed by atoms with Crippen molar-refractivity contribution in [1.82, 2.24) is 9.80 Å². The van der Waals surface area contributed by atoms with Gasteiger partial charge in [-0.25, -0.2) is 0 Å². The Morgan fingerprint density at radius 1 is 0.958 bits per heavy atom. The molecule has 0 aromatic carbocycles. The molecule has 3 fully saturated rings. The third-order valence-electron chi connectivity index (χ3n) is 5.95. The van der Waals surface area contributed by atoms with Crippen LogP contribution >= 0.6 is 0 Å². The highest BCUT2D eigenvalue weighted by molar-refractivity contribution is 5.88. The number of rotatable bonds is 4. The smallest absolute Gasteiger partial charge is 0.226 e. The van der Waals surface area contributed by atoms with E-state index in [1.807, 2.05) is 16.8 Å². The third kappa shape index (κ3) is 4.11. The van der Waals surface area contributed by atoms with Gasteiger partial charge < -0.3 is 14.5 Å². The molecule has 0 bridgehead atoms. The van der Waals surface area contributed by atoms with Gasteiger partial charge in [0.2, 0.25) is 11.8 Å². The third-order valence-corrected chi connectivity index (χ3v) is 5.95. The molecule has 0 aromatic heterocycles. The summed E-state index contributed by atoms with van der Waals surface area (Å²) < 4.78 is 5.77. The molecule has 3 rings (SSSR count). The van der Waals surface area contributed by atoms with Crippen molar-refractivity contribution < 1.29 is 14.3 Å². The fourth-order valence-electron chi connectivity index (χ4n) is 4.52. The summed E-state index contributed by atoms with van der Waals surface area (Å²) in [4.78, 5) is 29.7. The topological polar surface area (TPSA) is 49.9 Å². The minimum atomic E-state index is -0.125. The van der Waals surface area contributed by atoms with Crippen LogP contribution in [-0.2, 0) is 14.3 Å². The van der Waals surface area contributed by atoms with Crippen molar-refractivity contribution in [2.24, 2.45) is 11.8 Å². The number of amides is 2. The fourth-order valence-corrected chi connectivity index (χ4v) is 4.52. The lowest BCUT2D eigenvalue weighted by atomic mass is 9.77. The molecule has 1 aliphatic carbocycles. The van der Waals surface area contributed by atoms with Crippen molar-refractivity contribution in [3.8, 4) is 0 Å².